The fourth-order valence-corrected chi connectivity index (χ4v) is 2.10. The van der Waals surface area contributed by atoms with Crippen LogP contribution >= 0.6 is 11.8 Å². The zero-order valence-electron chi connectivity index (χ0n) is 10.4. The molecule has 0 aliphatic heterocycles. The molecule has 0 amide bonds. The van der Waals surface area contributed by atoms with Crippen LogP contribution in [0.5, 0.6) is 0 Å². The van der Waals surface area contributed by atoms with Gasteiger partial charge >= 0.3 is 0 Å². The fourth-order valence-electron chi connectivity index (χ4n) is 1.19. The summed E-state index contributed by atoms with van der Waals surface area (Å²) in [6.07, 6.45) is 0. The third-order valence-electron chi connectivity index (χ3n) is 2.23. The lowest BCUT2D eigenvalue weighted by Crippen LogP contribution is -2.26. The highest BCUT2D eigenvalue weighted by Gasteiger charge is 2.10. The molecule has 0 bridgehead atoms. The lowest BCUT2D eigenvalue weighted by atomic mass is 10.4. The summed E-state index contributed by atoms with van der Waals surface area (Å²) in [5.74, 6) is 0.905. The van der Waals surface area contributed by atoms with Crippen molar-refractivity contribution in [1.29, 1.82) is 0 Å². The second-order valence-corrected chi connectivity index (χ2v) is 5.14. The smallest absolute Gasteiger partial charge is 0.256 e. The predicted molar refractivity (Wildman–Crippen MR) is 66.0 cm³/mol. The Kier molecular flexibility index (Phi) is 5.87. The summed E-state index contributed by atoms with van der Waals surface area (Å²) >= 11 is 1.66. The molecule has 1 rings (SSSR count). The number of methoxy groups -OCH3 is 1. The number of hydrogen-bond donors (Lipinski definition) is 1. The summed E-state index contributed by atoms with van der Waals surface area (Å²) < 4.78 is 10.5. The maximum atomic E-state index is 5.51. The number of aryl methyl sites for hydroxylation is 2. The standard InChI is InChI=1S/C11H20N2O2S/c1-8(7-12-5-6-14-4)16-11-13-9(2)10(3)15-11/h8,12H,5-7H2,1-4H3. The van der Waals surface area contributed by atoms with Crippen LogP contribution in [-0.4, -0.2) is 37.0 Å². The molecular weight excluding hydrogens is 224 g/mol. The van der Waals surface area contributed by atoms with E-state index in [0.29, 0.717) is 5.25 Å². The first-order chi connectivity index (χ1) is 7.63. The molecule has 5 heteroatoms. The van der Waals surface area contributed by atoms with Gasteiger partial charge in [-0.2, -0.15) is 0 Å². The van der Waals surface area contributed by atoms with Gasteiger partial charge in [0.1, 0.15) is 5.76 Å². The molecule has 1 N–H and O–H groups in total. The normalized spacial score (nSPS) is 13.0. The van der Waals surface area contributed by atoms with Crippen molar-refractivity contribution in [2.45, 2.75) is 31.2 Å². The first-order valence-corrected chi connectivity index (χ1v) is 6.31. The number of rotatable bonds is 7. The zero-order chi connectivity index (χ0) is 12.0. The molecule has 0 aliphatic carbocycles. The molecule has 0 radical (unpaired) electrons. The number of aromatic nitrogens is 1. The SMILES string of the molecule is COCCNCC(C)Sc1nc(C)c(C)o1. The molecule has 0 fully saturated rings. The maximum Gasteiger partial charge on any atom is 0.256 e. The number of oxazole rings is 1. The maximum absolute atomic E-state index is 5.51. The highest BCUT2D eigenvalue weighted by molar-refractivity contribution is 7.99. The van der Waals surface area contributed by atoms with Crippen molar-refractivity contribution in [3.8, 4) is 0 Å². The topological polar surface area (TPSA) is 47.3 Å². The molecule has 0 spiro atoms. The van der Waals surface area contributed by atoms with Crippen LogP contribution in [0.25, 0.3) is 0 Å². The molecule has 0 aromatic carbocycles. The van der Waals surface area contributed by atoms with Crippen LogP contribution in [0, 0.1) is 13.8 Å². The van der Waals surface area contributed by atoms with Crippen LogP contribution in [0.15, 0.2) is 9.64 Å². The van der Waals surface area contributed by atoms with E-state index in [9.17, 15) is 0 Å². The Morgan fingerprint density at radius 1 is 1.50 bits per heavy atom. The fraction of sp³-hybridized carbons (Fsp3) is 0.727. The molecule has 1 unspecified atom stereocenters. The quantitative estimate of drug-likeness (QED) is 0.587. The lowest BCUT2D eigenvalue weighted by Gasteiger charge is -2.09. The van der Waals surface area contributed by atoms with Crippen LogP contribution < -0.4 is 5.32 Å². The van der Waals surface area contributed by atoms with Crippen molar-refractivity contribution in [2.24, 2.45) is 0 Å². The number of ether oxygens (including phenoxy) is 1. The average Bonchev–Trinajstić information content (AvgIpc) is 2.53. The van der Waals surface area contributed by atoms with E-state index in [2.05, 4.69) is 17.2 Å². The van der Waals surface area contributed by atoms with E-state index >= 15 is 0 Å². The second-order valence-electron chi connectivity index (χ2n) is 3.75. The molecule has 16 heavy (non-hydrogen) atoms. The molecule has 0 saturated carbocycles. The molecule has 1 aromatic rings. The number of nitrogens with one attached hydrogen (secondary N) is 1. The van der Waals surface area contributed by atoms with Crippen LogP contribution in [0.2, 0.25) is 0 Å². The Morgan fingerprint density at radius 2 is 2.25 bits per heavy atom. The van der Waals surface area contributed by atoms with Crippen molar-refractivity contribution in [1.82, 2.24) is 10.3 Å². The number of nitrogens with zero attached hydrogens (tertiary/aromatic N) is 1. The van der Waals surface area contributed by atoms with E-state index in [4.69, 9.17) is 9.15 Å². The number of hydrogen-bond acceptors (Lipinski definition) is 5. The van der Waals surface area contributed by atoms with Gasteiger partial charge in [-0.1, -0.05) is 18.7 Å². The van der Waals surface area contributed by atoms with Gasteiger partial charge in [-0.15, -0.1) is 0 Å². The van der Waals surface area contributed by atoms with Gasteiger partial charge in [0.2, 0.25) is 0 Å². The first-order valence-electron chi connectivity index (χ1n) is 5.43. The Labute approximate surface area is 101 Å². The summed E-state index contributed by atoms with van der Waals surface area (Å²) in [5.41, 5.74) is 0.974. The molecule has 1 heterocycles. The molecule has 1 atom stereocenters. The van der Waals surface area contributed by atoms with Crippen LogP contribution in [0.3, 0.4) is 0 Å². The van der Waals surface area contributed by atoms with E-state index in [-0.39, 0.29) is 0 Å². The molecule has 0 aliphatic rings. The Bertz CT molecular complexity index is 295. The van der Waals surface area contributed by atoms with Gasteiger partial charge < -0.3 is 14.5 Å². The van der Waals surface area contributed by atoms with Crippen LogP contribution in [-0.2, 0) is 4.74 Å². The third-order valence-corrected chi connectivity index (χ3v) is 3.17. The Morgan fingerprint density at radius 3 is 2.81 bits per heavy atom. The van der Waals surface area contributed by atoms with Gasteiger partial charge in [-0.3, -0.25) is 0 Å². The van der Waals surface area contributed by atoms with Crippen LogP contribution in [0.4, 0.5) is 0 Å². The highest BCUT2D eigenvalue weighted by atomic mass is 32.2. The summed E-state index contributed by atoms with van der Waals surface area (Å²) in [6.45, 7) is 8.60. The van der Waals surface area contributed by atoms with Crippen molar-refractivity contribution in [2.75, 3.05) is 26.8 Å². The minimum Gasteiger partial charge on any atom is -0.437 e. The van der Waals surface area contributed by atoms with E-state index in [1.165, 1.54) is 0 Å². The van der Waals surface area contributed by atoms with Gasteiger partial charge in [-0.25, -0.2) is 4.98 Å². The van der Waals surface area contributed by atoms with Crippen molar-refractivity contribution < 1.29 is 9.15 Å². The summed E-state index contributed by atoms with van der Waals surface area (Å²) in [7, 11) is 1.71. The molecule has 92 valence electrons. The summed E-state index contributed by atoms with van der Waals surface area (Å²) in [6, 6.07) is 0. The largest absolute Gasteiger partial charge is 0.437 e. The molecule has 0 saturated heterocycles. The first kappa shape index (κ1) is 13.5. The van der Waals surface area contributed by atoms with Crippen molar-refractivity contribution >= 4 is 11.8 Å². The number of thioether (sulfide) groups is 1. The minimum atomic E-state index is 0.439. The van der Waals surface area contributed by atoms with Crippen molar-refractivity contribution in [3.05, 3.63) is 11.5 Å². The molecule has 1 aromatic heterocycles. The summed E-state index contributed by atoms with van der Waals surface area (Å²) in [5, 5.41) is 4.51. The van der Waals surface area contributed by atoms with Gasteiger partial charge in [0.25, 0.3) is 5.22 Å². The Hall–Kier alpha value is -0.520. The van der Waals surface area contributed by atoms with E-state index in [1.54, 1.807) is 18.9 Å². The second kappa shape index (κ2) is 6.93. The van der Waals surface area contributed by atoms with E-state index < -0.39 is 0 Å². The lowest BCUT2D eigenvalue weighted by molar-refractivity contribution is 0.199. The van der Waals surface area contributed by atoms with E-state index in [1.807, 2.05) is 13.8 Å². The molecular formula is C11H20N2O2S. The monoisotopic (exact) mass is 244 g/mol. The third kappa shape index (κ3) is 4.55. The zero-order valence-corrected chi connectivity index (χ0v) is 11.2. The molecule has 4 nitrogen and oxygen atoms in total. The highest BCUT2D eigenvalue weighted by Crippen LogP contribution is 2.23. The Balaban J connectivity index is 2.25. The van der Waals surface area contributed by atoms with E-state index in [0.717, 1.165) is 36.4 Å². The van der Waals surface area contributed by atoms with Crippen molar-refractivity contribution in [3.63, 3.8) is 0 Å². The van der Waals surface area contributed by atoms with Gasteiger partial charge in [0.05, 0.1) is 12.3 Å². The summed E-state index contributed by atoms with van der Waals surface area (Å²) in [4.78, 5) is 4.34. The van der Waals surface area contributed by atoms with Crippen LogP contribution in [0.1, 0.15) is 18.4 Å². The van der Waals surface area contributed by atoms with Gasteiger partial charge in [0, 0.05) is 25.4 Å². The van der Waals surface area contributed by atoms with Gasteiger partial charge in [-0.05, 0) is 13.8 Å². The van der Waals surface area contributed by atoms with Gasteiger partial charge in [0.15, 0.2) is 0 Å². The average molecular weight is 244 g/mol. The minimum absolute atomic E-state index is 0.439. The predicted octanol–water partition coefficient (Wildman–Crippen LogP) is 2.01.